The quantitative estimate of drug-likeness (QED) is 0.0195. The number of esters is 1. The SMILES string of the molecule is CCCCC/C=C\C/C=C\CCCCCCCCCCCCCCC(O)C(=O)NC(COC1OC(CO)C(O)C(O)C1OC(=O)CCCCCCCCCCCCCCCCCCC)C(O)/C=C/CCCCCCCCCCCCC. The van der Waals surface area contributed by atoms with E-state index in [1.165, 1.54) is 225 Å². The Kier molecular flexibility index (Phi) is 55.3. The predicted octanol–water partition coefficient (Wildman–Crippen LogP) is 17.4. The largest absolute Gasteiger partial charge is 0.454 e. The molecule has 11 heteroatoms. The number of hydrogen-bond donors (Lipinski definition) is 6. The molecule has 0 saturated carbocycles. The Hall–Kier alpha value is -2.12. The van der Waals surface area contributed by atoms with Gasteiger partial charge in [0.2, 0.25) is 5.91 Å². The van der Waals surface area contributed by atoms with Crippen LogP contribution in [0.1, 0.15) is 335 Å². The number of hydrogen-bond acceptors (Lipinski definition) is 10. The smallest absolute Gasteiger partial charge is 0.306 e. The van der Waals surface area contributed by atoms with Gasteiger partial charge in [0.25, 0.3) is 0 Å². The van der Waals surface area contributed by atoms with Crippen molar-refractivity contribution < 1.29 is 49.3 Å². The fraction of sp³-hybridized carbons (Fsp3) is 0.886. The van der Waals surface area contributed by atoms with E-state index in [-0.39, 0.29) is 13.0 Å². The summed E-state index contributed by atoms with van der Waals surface area (Å²) in [5.74, 6) is -1.18. The Labute approximate surface area is 498 Å². The van der Waals surface area contributed by atoms with Crippen molar-refractivity contribution in [1.82, 2.24) is 5.32 Å². The van der Waals surface area contributed by atoms with Gasteiger partial charge in [0.15, 0.2) is 12.4 Å². The Bertz CT molecular complexity index is 1460. The summed E-state index contributed by atoms with van der Waals surface area (Å²) in [6.07, 6.45) is 60.3. The van der Waals surface area contributed by atoms with Gasteiger partial charge in [-0.1, -0.05) is 308 Å². The molecule has 11 nitrogen and oxygen atoms in total. The highest BCUT2D eigenvalue weighted by atomic mass is 16.7. The number of rotatable bonds is 60. The first-order chi connectivity index (χ1) is 39.7. The fourth-order valence-electron chi connectivity index (χ4n) is 11.0. The minimum atomic E-state index is -1.61. The number of carbonyl (C=O) groups is 2. The zero-order valence-corrected chi connectivity index (χ0v) is 52.9. The summed E-state index contributed by atoms with van der Waals surface area (Å²) < 4.78 is 17.7. The molecule has 0 aromatic rings. The van der Waals surface area contributed by atoms with Gasteiger partial charge in [0.05, 0.1) is 25.4 Å². The first-order valence-corrected chi connectivity index (χ1v) is 34.8. The molecule has 1 saturated heterocycles. The summed E-state index contributed by atoms with van der Waals surface area (Å²) in [6.45, 7) is 5.82. The lowest BCUT2D eigenvalue weighted by Gasteiger charge is -2.41. The van der Waals surface area contributed by atoms with Gasteiger partial charge in [-0.15, -0.1) is 0 Å². The average Bonchev–Trinajstić information content (AvgIpc) is 3.49. The molecule has 1 heterocycles. The number of aliphatic hydroxyl groups is 5. The van der Waals surface area contributed by atoms with Crippen LogP contribution in [0.4, 0.5) is 0 Å². The number of unbranched alkanes of at least 4 members (excludes halogenated alkanes) is 42. The van der Waals surface area contributed by atoms with Crippen LogP contribution in [-0.4, -0.2) is 99.6 Å². The summed E-state index contributed by atoms with van der Waals surface area (Å²) >= 11 is 0. The zero-order valence-electron chi connectivity index (χ0n) is 52.9. The van der Waals surface area contributed by atoms with Crippen LogP contribution in [0.25, 0.3) is 0 Å². The first-order valence-electron chi connectivity index (χ1n) is 34.8. The van der Waals surface area contributed by atoms with Crippen molar-refractivity contribution in [2.24, 2.45) is 0 Å². The van der Waals surface area contributed by atoms with Gasteiger partial charge >= 0.3 is 5.97 Å². The van der Waals surface area contributed by atoms with Gasteiger partial charge in [-0.05, 0) is 57.8 Å². The molecule has 8 atom stereocenters. The lowest BCUT2D eigenvalue weighted by molar-refractivity contribution is -0.305. The van der Waals surface area contributed by atoms with Crippen molar-refractivity contribution >= 4 is 11.9 Å². The van der Waals surface area contributed by atoms with Gasteiger partial charge in [-0.25, -0.2) is 0 Å². The van der Waals surface area contributed by atoms with Crippen LogP contribution < -0.4 is 5.32 Å². The lowest BCUT2D eigenvalue weighted by atomic mass is 9.99. The normalized spacial score (nSPS) is 18.8. The van der Waals surface area contributed by atoms with E-state index in [4.69, 9.17) is 14.2 Å². The van der Waals surface area contributed by atoms with E-state index in [1.54, 1.807) is 6.08 Å². The number of amides is 1. The molecule has 81 heavy (non-hydrogen) atoms. The van der Waals surface area contributed by atoms with Crippen LogP contribution in [-0.2, 0) is 23.8 Å². The number of nitrogens with one attached hydrogen (secondary N) is 1. The summed E-state index contributed by atoms with van der Waals surface area (Å²) in [6, 6.07) is -1.02. The van der Waals surface area contributed by atoms with Crippen LogP contribution >= 0.6 is 0 Å². The summed E-state index contributed by atoms with van der Waals surface area (Å²) in [7, 11) is 0. The predicted molar refractivity (Wildman–Crippen MR) is 338 cm³/mol. The standard InChI is InChI=1S/C70H131NO10/c1-4-7-10-13-16-19-22-25-27-29-30-31-32-33-35-36-39-42-45-48-51-54-57-63(74)69(78)71-61(62(73)56-53-50-47-44-41-38-24-21-18-15-12-9-6-3)60-79-70-68(67(77)66(76)64(59-72)80-70)81-65(75)58-55-52-49-46-43-40-37-34-28-26-23-20-17-14-11-8-5-2/h16,19,25,27,53,56,61-64,66-68,70,72-74,76-77H,4-15,17-18,20-24,26,28-52,54-55,57-60H2,1-3H3,(H,71,78)/b19-16-,27-25-,56-53+. The van der Waals surface area contributed by atoms with E-state index in [9.17, 15) is 35.1 Å². The van der Waals surface area contributed by atoms with Crippen molar-refractivity contribution in [2.75, 3.05) is 13.2 Å². The lowest BCUT2D eigenvalue weighted by Crippen LogP contribution is -2.61. The number of allylic oxidation sites excluding steroid dienone is 5. The molecule has 0 aromatic carbocycles. The summed E-state index contributed by atoms with van der Waals surface area (Å²) in [5.41, 5.74) is 0. The number of ether oxygens (including phenoxy) is 3. The van der Waals surface area contributed by atoms with Gasteiger partial charge in [-0.3, -0.25) is 9.59 Å². The third kappa shape index (κ3) is 45.9. The molecule has 6 N–H and O–H groups in total. The van der Waals surface area contributed by atoms with Crippen LogP contribution in [0.15, 0.2) is 36.5 Å². The number of aliphatic hydroxyl groups excluding tert-OH is 5. The van der Waals surface area contributed by atoms with Crippen molar-refractivity contribution in [3.63, 3.8) is 0 Å². The van der Waals surface area contributed by atoms with E-state index in [1.807, 2.05) is 6.08 Å². The van der Waals surface area contributed by atoms with Gasteiger partial charge in [0, 0.05) is 6.42 Å². The molecule has 1 amide bonds. The van der Waals surface area contributed by atoms with Crippen LogP contribution in [0.3, 0.4) is 0 Å². The molecule has 476 valence electrons. The van der Waals surface area contributed by atoms with E-state index in [0.29, 0.717) is 19.3 Å². The number of carbonyl (C=O) groups excluding carboxylic acids is 2. The molecule has 0 spiro atoms. The highest BCUT2D eigenvalue weighted by molar-refractivity contribution is 5.80. The monoisotopic (exact) mass is 1150 g/mol. The Morgan fingerprint density at radius 2 is 0.852 bits per heavy atom. The van der Waals surface area contributed by atoms with Crippen molar-refractivity contribution in [3.8, 4) is 0 Å². The van der Waals surface area contributed by atoms with Crippen LogP contribution in [0.5, 0.6) is 0 Å². The molecule has 1 rings (SSSR count). The minimum absolute atomic E-state index is 0.129. The topological polar surface area (TPSA) is 175 Å². The second-order valence-corrected chi connectivity index (χ2v) is 24.3. The highest BCUT2D eigenvalue weighted by Gasteiger charge is 2.47. The molecule has 0 radical (unpaired) electrons. The van der Waals surface area contributed by atoms with Crippen molar-refractivity contribution in [3.05, 3.63) is 36.5 Å². The molecular weight excluding hydrogens is 1010 g/mol. The second-order valence-electron chi connectivity index (χ2n) is 24.3. The summed E-state index contributed by atoms with van der Waals surface area (Å²) in [4.78, 5) is 26.6. The third-order valence-corrected chi connectivity index (χ3v) is 16.5. The molecule has 1 aliphatic rings. The van der Waals surface area contributed by atoms with Crippen molar-refractivity contribution in [2.45, 2.75) is 384 Å². The van der Waals surface area contributed by atoms with Crippen LogP contribution in [0.2, 0.25) is 0 Å². The molecule has 1 aliphatic heterocycles. The molecule has 1 fully saturated rings. The first kappa shape index (κ1) is 76.9. The van der Waals surface area contributed by atoms with Gasteiger partial charge < -0.3 is 45.1 Å². The maximum absolute atomic E-state index is 13.5. The Balaban J connectivity index is 2.61. The maximum Gasteiger partial charge on any atom is 0.306 e. The fourth-order valence-corrected chi connectivity index (χ4v) is 11.0. The zero-order chi connectivity index (χ0) is 58.9. The second kappa shape index (κ2) is 58.3. The van der Waals surface area contributed by atoms with Gasteiger partial charge in [0.1, 0.15) is 24.4 Å². The van der Waals surface area contributed by atoms with E-state index in [2.05, 4.69) is 50.4 Å². The van der Waals surface area contributed by atoms with E-state index >= 15 is 0 Å². The summed E-state index contributed by atoms with van der Waals surface area (Å²) in [5, 5.41) is 57.2. The van der Waals surface area contributed by atoms with Crippen LogP contribution in [0, 0.1) is 0 Å². The van der Waals surface area contributed by atoms with Gasteiger partial charge in [-0.2, -0.15) is 0 Å². The van der Waals surface area contributed by atoms with E-state index in [0.717, 1.165) is 64.2 Å². The Morgan fingerprint density at radius 3 is 1.28 bits per heavy atom. The van der Waals surface area contributed by atoms with Crippen molar-refractivity contribution in [1.29, 1.82) is 0 Å². The maximum atomic E-state index is 13.5. The molecule has 0 aromatic heterocycles. The average molecular weight is 1150 g/mol. The Morgan fingerprint density at radius 1 is 0.481 bits per heavy atom. The molecule has 0 bridgehead atoms. The molecule has 0 aliphatic carbocycles. The molecule has 8 unspecified atom stereocenters. The van der Waals surface area contributed by atoms with E-state index < -0.39 is 67.4 Å². The molecular formula is C70H131NO10. The third-order valence-electron chi connectivity index (χ3n) is 16.5. The highest BCUT2D eigenvalue weighted by Crippen LogP contribution is 2.26. The minimum Gasteiger partial charge on any atom is -0.454 e.